The molecule has 0 heterocycles. The summed E-state index contributed by atoms with van der Waals surface area (Å²) in [7, 11) is 0. The third-order valence-electron chi connectivity index (χ3n) is 1.59. The number of nitrogens with one attached hydrogen (secondary N) is 1. The normalized spacial score (nSPS) is 14.2. The fourth-order valence-electron chi connectivity index (χ4n) is 0.674. The van der Waals surface area contributed by atoms with E-state index in [1.807, 2.05) is 6.08 Å². The predicted octanol–water partition coefficient (Wildman–Crippen LogP) is 3.10. The van der Waals surface area contributed by atoms with Gasteiger partial charge >= 0.3 is 0 Å². The summed E-state index contributed by atoms with van der Waals surface area (Å²) < 4.78 is 0. The molecule has 1 nitrogen and oxygen atoms in total. The van der Waals surface area contributed by atoms with Crippen LogP contribution < -0.4 is 0 Å². The summed E-state index contributed by atoms with van der Waals surface area (Å²) in [5.74, 6) is 1.53. The maximum atomic E-state index is 6.84. The van der Waals surface area contributed by atoms with Gasteiger partial charge in [0.1, 0.15) is 0 Å². The Hall–Kier alpha value is -0.500. The molecular weight excluding hydrogens is 154 g/mol. The first kappa shape index (κ1) is 10.5. The first-order valence-corrected chi connectivity index (χ1v) is 4.67. The molecule has 0 aliphatic carbocycles. The zero-order chi connectivity index (χ0) is 8.69. The van der Waals surface area contributed by atoms with Gasteiger partial charge in [-0.15, -0.1) is 11.8 Å². The average molecular weight is 169 g/mol. The summed E-state index contributed by atoms with van der Waals surface area (Å²) >= 11 is 1.54. The summed E-state index contributed by atoms with van der Waals surface area (Å²) in [6, 6.07) is 0. The van der Waals surface area contributed by atoms with E-state index < -0.39 is 0 Å². The molecule has 0 amide bonds. The summed E-state index contributed by atoms with van der Waals surface area (Å²) in [5.41, 5.74) is 2.71. The van der Waals surface area contributed by atoms with Crippen molar-refractivity contribution in [2.75, 3.05) is 5.75 Å². The Morgan fingerprint density at radius 2 is 2.36 bits per heavy atom. The molecule has 1 atom stereocenters. The van der Waals surface area contributed by atoms with Crippen molar-refractivity contribution in [2.24, 2.45) is 5.92 Å². The average Bonchev–Trinajstić information content (AvgIpc) is 2.00. The molecule has 0 aromatic rings. The van der Waals surface area contributed by atoms with Crippen molar-refractivity contribution in [2.45, 2.75) is 13.8 Å². The van der Waals surface area contributed by atoms with Crippen molar-refractivity contribution in [3.8, 4) is 0 Å². The molecule has 0 radical (unpaired) electrons. The van der Waals surface area contributed by atoms with Gasteiger partial charge in [0.25, 0.3) is 0 Å². The number of rotatable bonds is 5. The van der Waals surface area contributed by atoms with Crippen molar-refractivity contribution >= 4 is 17.3 Å². The number of thioether (sulfide) groups is 1. The molecule has 2 heteroatoms. The Balaban J connectivity index is 3.80. The minimum atomic E-state index is 0.541. The van der Waals surface area contributed by atoms with E-state index in [1.54, 1.807) is 6.08 Å². The molecule has 0 aromatic carbocycles. The van der Waals surface area contributed by atoms with E-state index in [2.05, 4.69) is 20.4 Å². The Morgan fingerprint density at radius 3 is 2.82 bits per heavy atom. The first-order chi connectivity index (χ1) is 5.22. The lowest BCUT2D eigenvalue weighted by Crippen LogP contribution is -1.99. The van der Waals surface area contributed by atoms with E-state index in [4.69, 9.17) is 5.41 Å². The Bertz CT molecular complexity index is 161. The minimum absolute atomic E-state index is 0.541. The van der Waals surface area contributed by atoms with Crippen LogP contribution >= 0.6 is 11.8 Å². The quantitative estimate of drug-likeness (QED) is 0.381. The highest BCUT2D eigenvalue weighted by Crippen LogP contribution is 2.14. The van der Waals surface area contributed by atoms with Crippen molar-refractivity contribution < 1.29 is 0 Å². The third kappa shape index (κ3) is 4.85. The molecular formula is C9H15NS. The van der Waals surface area contributed by atoms with Crippen LogP contribution in [-0.4, -0.2) is 11.3 Å². The highest BCUT2D eigenvalue weighted by Gasteiger charge is 2.01. The van der Waals surface area contributed by atoms with Crippen LogP contribution in [0.3, 0.4) is 0 Å². The van der Waals surface area contributed by atoms with Gasteiger partial charge in [-0.1, -0.05) is 31.2 Å². The Morgan fingerprint density at radius 1 is 1.73 bits per heavy atom. The second-order valence-electron chi connectivity index (χ2n) is 2.50. The van der Waals surface area contributed by atoms with Crippen molar-refractivity contribution in [1.29, 1.82) is 5.41 Å². The third-order valence-corrected chi connectivity index (χ3v) is 2.45. The van der Waals surface area contributed by atoms with E-state index in [0.29, 0.717) is 5.92 Å². The van der Waals surface area contributed by atoms with Crippen molar-refractivity contribution in [3.63, 3.8) is 0 Å². The Kier molecular flexibility index (Phi) is 5.94. The number of hydrogen-bond acceptors (Lipinski definition) is 2. The molecule has 0 rings (SSSR count). The van der Waals surface area contributed by atoms with Gasteiger partial charge in [-0.3, -0.25) is 0 Å². The smallest absolute Gasteiger partial charge is 0.0506 e. The summed E-state index contributed by atoms with van der Waals surface area (Å²) in [6.45, 7) is 7.89. The zero-order valence-electron chi connectivity index (χ0n) is 7.13. The van der Waals surface area contributed by atoms with Crippen molar-refractivity contribution in [3.05, 3.63) is 24.3 Å². The number of hydrogen-bond donors (Lipinski definition) is 1. The molecule has 0 spiro atoms. The van der Waals surface area contributed by atoms with Crippen LogP contribution in [0.5, 0.6) is 0 Å². The van der Waals surface area contributed by atoms with Gasteiger partial charge in [0.15, 0.2) is 0 Å². The van der Waals surface area contributed by atoms with E-state index >= 15 is 0 Å². The zero-order valence-corrected chi connectivity index (χ0v) is 7.95. The topological polar surface area (TPSA) is 23.9 Å². The fraction of sp³-hybridized carbons (Fsp3) is 0.444. The molecule has 0 fully saturated rings. The summed E-state index contributed by atoms with van der Waals surface area (Å²) in [6.07, 6.45) is 3.83. The van der Waals surface area contributed by atoms with E-state index in [9.17, 15) is 0 Å². The molecule has 11 heavy (non-hydrogen) atoms. The maximum absolute atomic E-state index is 6.84. The molecule has 0 saturated heterocycles. The van der Waals surface area contributed by atoms with E-state index in [0.717, 1.165) is 5.75 Å². The lowest BCUT2D eigenvalue weighted by molar-refractivity contribution is 0.785. The number of allylic oxidation sites excluding steroid dienone is 3. The molecule has 0 saturated carbocycles. The van der Waals surface area contributed by atoms with Crippen LogP contribution in [0.4, 0.5) is 0 Å². The monoisotopic (exact) mass is 169 g/mol. The minimum Gasteiger partial charge on any atom is -0.302 e. The van der Waals surface area contributed by atoms with Gasteiger partial charge in [0.05, 0.1) is 5.55 Å². The van der Waals surface area contributed by atoms with Crippen LogP contribution in [0, 0.1) is 11.3 Å². The highest BCUT2D eigenvalue weighted by molar-refractivity contribution is 8.11. The molecule has 1 N–H and O–H groups in total. The molecule has 0 unspecified atom stereocenters. The van der Waals surface area contributed by atoms with E-state index in [1.165, 1.54) is 22.9 Å². The molecule has 62 valence electrons. The maximum Gasteiger partial charge on any atom is 0.0506 e. The van der Waals surface area contributed by atoms with Crippen LogP contribution in [0.15, 0.2) is 24.3 Å². The lowest BCUT2D eigenvalue weighted by atomic mass is 10.1. The van der Waals surface area contributed by atoms with E-state index in [-0.39, 0.29) is 0 Å². The second kappa shape index (κ2) is 6.23. The second-order valence-corrected chi connectivity index (χ2v) is 3.40. The largest absolute Gasteiger partial charge is 0.302 e. The first-order valence-electron chi connectivity index (χ1n) is 3.62. The van der Waals surface area contributed by atoms with Gasteiger partial charge in [0, 0.05) is 5.75 Å². The van der Waals surface area contributed by atoms with Crippen molar-refractivity contribution in [1.82, 2.24) is 0 Å². The van der Waals surface area contributed by atoms with Gasteiger partial charge in [0.2, 0.25) is 0 Å². The Labute approximate surface area is 73.1 Å². The van der Waals surface area contributed by atoms with Gasteiger partial charge in [-0.2, -0.15) is 0 Å². The van der Waals surface area contributed by atoms with Crippen LogP contribution in [0.2, 0.25) is 0 Å². The summed E-state index contributed by atoms with van der Waals surface area (Å²) in [5, 5.41) is 6.84. The molecule has 0 bridgehead atoms. The standard InChI is InChI=1S/C9H15NS/c1-4-5-8(2)9(3)6-11-7-10/h4-5,7,9-10H,1,6H2,2-3H3/b8-5-,10-7?/t9-/m0/s1. The van der Waals surface area contributed by atoms with Crippen LogP contribution in [0.1, 0.15) is 13.8 Å². The molecule has 0 aliphatic rings. The predicted molar refractivity (Wildman–Crippen MR) is 54.4 cm³/mol. The van der Waals surface area contributed by atoms with Crippen LogP contribution in [0.25, 0.3) is 0 Å². The SMILES string of the molecule is C=C/C=C(/C)[C@@H](C)CSC=N. The summed E-state index contributed by atoms with van der Waals surface area (Å²) in [4.78, 5) is 0. The lowest BCUT2D eigenvalue weighted by Gasteiger charge is -2.08. The molecule has 0 aliphatic heterocycles. The van der Waals surface area contributed by atoms with Gasteiger partial charge < -0.3 is 5.41 Å². The van der Waals surface area contributed by atoms with Gasteiger partial charge in [-0.05, 0) is 12.8 Å². The van der Waals surface area contributed by atoms with Gasteiger partial charge in [-0.25, -0.2) is 0 Å². The van der Waals surface area contributed by atoms with Crippen LogP contribution in [-0.2, 0) is 0 Å². The highest BCUT2D eigenvalue weighted by atomic mass is 32.2. The fourth-order valence-corrected chi connectivity index (χ4v) is 1.32. The molecule has 0 aromatic heterocycles.